The predicted octanol–water partition coefficient (Wildman–Crippen LogP) is 1.07. The molecule has 2 aliphatic heterocycles. The van der Waals surface area contributed by atoms with Crippen LogP contribution in [0.2, 0.25) is 0 Å². The maximum absolute atomic E-state index is 11.4. The summed E-state index contributed by atoms with van der Waals surface area (Å²) in [6, 6.07) is 5.19. The van der Waals surface area contributed by atoms with Crippen LogP contribution in [-0.4, -0.2) is 36.1 Å². The van der Waals surface area contributed by atoms with Crippen molar-refractivity contribution in [2.45, 2.75) is 25.3 Å². The Morgan fingerprint density at radius 2 is 2.19 bits per heavy atom. The summed E-state index contributed by atoms with van der Waals surface area (Å²) in [5.74, 6) is -0.482. The van der Waals surface area contributed by atoms with Crippen LogP contribution in [0, 0.1) is 5.92 Å². The lowest BCUT2D eigenvalue weighted by atomic mass is 9.84. The Kier molecular flexibility index (Phi) is 3.45. The lowest BCUT2D eigenvalue weighted by molar-refractivity contribution is -0.124. The van der Waals surface area contributed by atoms with Gasteiger partial charge in [-0.05, 0) is 30.9 Å². The highest BCUT2D eigenvalue weighted by atomic mass is 16.4. The minimum Gasteiger partial charge on any atom is -0.478 e. The lowest BCUT2D eigenvalue weighted by Crippen LogP contribution is -2.54. The zero-order valence-electron chi connectivity index (χ0n) is 11.7. The Balaban J connectivity index is 1.86. The third-order valence-electron chi connectivity index (χ3n) is 4.44. The van der Waals surface area contributed by atoms with Crippen molar-refractivity contribution in [3.05, 3.63) is 23.8 Å². The molecule has 1 aromatic rings. The van der Waals surface area contributed by atoms with E-state index in [2.05, 4.69) is 10.2 Å². The lowest BCUT2D eigenvalue weighted by Gasteiger charge is -2.43. The second-order valence-electron chi connectivity index (χ2n) is 5.76. The number of carbonyl (C=O) groups excluding carboxylic acids is 1. The van der Waals surface area contributed by atoms with Crippen LogP contribution in [0.15, 0.2) is 18.2 Å². The number of fused-ring (bicyclic) bond motifs is 1. The van der Waals surface area contributed by atoms with Gasteiger partial charge in [0, 0.05) is 25.6 Å². The van der Waals surface area contributed by atoms with E-state index >= 15 is 0 Å². The van der Waals surface area contributed by atoms with Crippen LogP contribution in [0.4, 0.5) is 11.4 Å². The van der Waals surface area contributed by atoms with Gasteiger partial charge in [-0.1, -0.05) is 6.07 Å². The number of para-hydroxylation sites is 1. The van der Waals surface area contributed by atoms with Gasteiger partial charge in [0.05, 0.1) is 16.9 Å². The molecule has 4 N–H and O–H groups in total. The van der Waals surface area contributed by atoms with E-state index in [1.54, 1.807) is 18.2 Å². The van der Waals surface area contributed by atoms with E-state index in [4.69, 9.17) is 5.73 Å². The quantitative estimate of drug-likeness (QED) is 0.708. The molecule has 0 aromatic heterocycles. The number of benzene rings is 1. The standard InChI is InChI=1S/C15H19N3O3/c16-11-3-1-2-10(15(20)21)14(11)18-7-6-12-9(8-18)4-5-13(19)17-12/h1-3,9,12H,4-8,16H2,(H,17,19)(H,20,21). The molecule has 0 spiro atoms. The maximum Gasteiger partial charge on any atom is 0.337 e. The molecule has 2 unspecified atom stereocenters. The number of carboxylic acids is 1. The first kappa shape index (κ1) is 13.7. The number of nitrogens with two attached hydrogens (primary N) is 1. The number of rotatable bonds is 2. The van der Waals surface area contributed by atoms with Gasteiger partial charge in [0.25, 0.3) is 0 Å². The monoisotopic (exact) mass is 289 g/mol. The molecule has 2 heterocycles. The summed E-state index contributed by atoms with van der Waals surface area (Å²) in [5.41, 5.74) is 7.35. The average molecular weight is 289 g/mol. The first-order chi connectivity index (χ1) is 10.1. The van der Waals surface area contributed by atoms with Gasteiger partial charge in [0.1, 0.15) is 0 Å². The number of nitrogens with zero attached hydrogens (tertiary/aromatic N) is 1. The number of carboxylic acid groups (broad SMARTS) is 1. The molecule has 0 radical (unpaired) electrons. The molecule has 21 heavy (non-hydrogen) atoms. The molecule has 2 fully saturated rings. The zero-order valence-corrected chi connectivity index (χ0v) is 11.7. The Bertz CT molecular complexity index is 588. The van der Waals surface area contributed by atoms with Crippen molar-refractivity contribution in [3.63, 3.8) is 0 Å². The number of aromatic carboxylic acids is 1. The highest BCUT2D eigenvalue weighted by Gasteiger charge is 2.35. The molecule has 1 aromatic carbocycles. The third-order valence-corrected chi connectivity index (χ3v) is 4.44. The topological polar surface area (TPSA) is 95.7 Å². The smallest absolute Gasteiger partial charge is 0.337 e. The Hall–Kier alpha value is -2.24. The summed E-state index contributed by atoms with van der Waals surface area (Å²) >= 11 is 0. The summed E-state index contributed by atoms with van der Waals surface area (Å²) < 4.78 is 0. The van der Waals surface area contributed by atoms with Crippen molar-refractivity contribution in [2.75, 3.05) is 23.7 Å². The zero-order chi connectivity index (χ0) is 15.0. The van der Waals surface area contributed by atoms with Crippen molar-refractivity contribution in [1.29, 1.82) is 0 Å². The first-order valence-corrected chi connectivity index (χ1v) is 7.22. The number of nitrogen functional groups attached to an aromatic ring is 1. The summed E-state index contributed by atoms with van der Waals surface area (Å²) in [4.78, 5) is 24.9. The number of nitrogens with one attached hydrogen (secondary N) is 1. The highest BCUT2D eigenvalue weighted by molar-refractivity contribution is 5.98. The Morgan fingerprint density at radius 3 is 2.95 bits per heavy atom. The van der Waals surface area contributed by atoms with Crippen LogP contribution in [-0.2, 0) is 4.79 Å². The molecule has 2 aliphatic rings. The predicted molar refractivity (Wildman–Crippen MR) is 79.3 cm³/mol. The van der Waals surface area contributed by atoms with E-state index in [1.165, 1.54) is 0 Å². The molecular formula is C15H19N3O3. The molecule has 0 aliphatic carbocycles. The van der Waals surface area contributed by atoms with E-state index in [0.717, 1.165) is 19.4 Å². The largest absolute Gasteiger partial charge is 0.478 e. The van der Waals surface area contributed by atoms with E-state index in [0.29, 0.717) is 30.3 Å². The van der Waals surface area contributed by atoms with Gasteiger partial charge >= 0.3 is 5.97 Å². The normalized spacial score (nSPS) is 25.1. The fourth-order valence-corrected chi connectivity index (χ4v) is 3.40. The molecular weight excluding hydrogens is 270 g/mol. The van der Waals surface area contributed by atoms with Crippen LogP contribution in [0.25, 0.3) is 0 Å². The SMILES string of the molecule is Nc1cccc(C(=O)O)c1N1CCC2NC(=O)CCC2C1. The number of amides is 1. The Labute approximate surface area is 122 Å². The Morgan fingerprint density at radius 1 is 1.38 bits per heavy atom. The molecule has 0 saturated carbocycles. The van der Waals surface area contributed by atoms with Crippen molar-refractivity contribution in [2.24, 2.45) is 5.92 Å². The fraction of sp³-hybridized carbons (Fsp3) is 0.467. The van der Waals surface area contributed by atoms with Crippen molar-refractivity contribution < 1.29 is 14.7 Å². The molecule has 2 saturated heterocycles. The summed E-state index contributed by atoms with van der Waals surface area (Å²) in [6.45, 7) is 1.44. The van der Waals surface area contributed by atoms with Gasteiger partial charge in [-0.3, -0.25) is 4.79 Å². The van der Waals surface area contributed by atoms with Crippen molar-refractivity contribution in [1.82, 2.24) is 5.32 Å². The second-order valence-corrected chi connectivity index (χ2v) is 5.76. The van der Waals surface area contributed by atoms with Crippen molar-refractivity contribution >= 4 is 23.3 Å². The fourth-order valence-electron chi connectivity index (χ4n) is 3.40. The molecule has 112 valence electrons. The highest BCUT2D eigenvalue weighted by Crippen LogP contribution is 2.34. The van der Waals surface area contributed by atoms with Crippen LogP contribution in [0.1, 0.15) is 29.6 Å². The van der Waals surface area contributed by atoms with Gasteiger partial charge in [0.15, 0.2) is 0 Å². The molecule has 6 heteroatoms. The summed E-state index contributed by atoms with van der Waals surface area (Å²) in [5, 5.41) is 12.4. The van der Waals surface area contributed by atoms with E-state index in [-0.39, 0.29) is 17.5 Å². The van der Waals surface area contributed by atoms with Gasteiger partial charge in [-0.2, -0.15) is 0 Å². The number of piperidine rings is 2. The minimum atomic E-state index is -0.962. The van der Waals surface area contributed by atoms with E-state index in [1.807, 2.05) is 0 Å². The summed E-state index contributed by atoms with van der Waals surface area (Å²) in [7, 11) is 0. The first-order valence-electron chi connectivity index (χ1n) is 7.22. The number of anilines is 2. The molecule has 2 atom stereocenters. The number of hydrogen-bond acceptors (Lipinski definition) is 4. The number of carbonyl (C=O) groups is 2. The van der Waals surface area contributed by atoms with Crippen LogP contribution in [0.5, 0.6) is 0 Å². The summed E-state index contributed by atoms with van der Waals surface area (Å²) in [6.07, 6.45) is 2.22. The second kappa shape index (κ2) is 5.27. The van der Waals surface area contributed by atoms with Crippen LogP contribution < -0.4 is 16.0 Å². The van der Waals surface area contributed by atoms with E-state index in [9.17, 15) is 14.7 Å². The third kappa shape index (κ3) is 2.53. The van der Waals surface area contributed by atoms with Gasteiger partial charge in [0.2, 0.25) is 5.91 Å². The minimum absolute atomic E-state index is 0.121. The average Bonchev–Trinajstić information content (AvgIpc) is 2.46. The van der Waals surface area contributed by atoms with Gasteiger partial charge in [-0.15, -0.1) is 0 Å². The maximum atomic E-state index is 11.4. The molecule has 6 nitrogen and oxygen atoms in total. The van der Waals surface area contributed by atoms with Crippen LogP contribution in [0.3, 0.4) is 0 Å². The van der Waals surface area contributed by atoms with Crippen molar-refractivity contribution in [3.8, 4) is 0 Å². The van der Waals surface area contributed by atoms with Gasteiger partial charge < -0.3 is 21.1 Å². The van der Waals surface area contributed by atoms with Crippen LogP contribution >= 0.6 is 0 Å². The molecule has 3 rings (SSSR count). The van der Waals surface area contributed by atoms with Gasteiger partial charge in [-0.25, -0.2) is 4.79 Å². The molecule has 1 amide bonds. The molecule has 0 bridgehead atoms. The number of hydrogen-bond donors (Lipinski definition) is 3. The van der Waals surface area contributed by atoms with E-state index < -0.39 is 5.97 Å².